The second-order valence-corrected chi connectivity index (χ2v) is 11.7. The number of hydrogen-bond donors (Lipinski definition) is 0. The zero-order chi connectivity index (χ0) is 27.9. The zero-order valence-corrected chi connectivity index (χ0v) is 22.1. The largest absolute Gasteiger partial charge is 0.392 e. The van der Waals surface area contributed by atoms with Gasteiger partial charge in [-0.3, -0.25) is 4.90 Å². The molecule has 0 amide bonds. The Labute approximate surface area is 223 Å². The Morgan fingerprint density at radius 3 is 2.49 bits per heavy atom. The first-order chi connectivity index (χ1) is 18.4. The molecule has 12 heteroatoms. The summed E-state index contributed by atoms with van der Waals surface area (Å²) >= 11 is 0. The van der Waals surface area contributed by atoms with Crippen LogP contribution in [0, 0.1) is 18.7 Å². The Balaban J connectivity index is 1.54. The number of hydrogen-bond acceptors (Lipinski definition) is 5. The number of aromatic nitrogens is 3. The minimum Gasteiger partial charge on any atom is -0.293 e. The summed E-state index contributed by atoms with van der Waals surface area (Å²) in [6.07, 6.45) is -1.35. The summed E-state index contributed by atoms with van der Waals surface area (Å²) in [4.78, 5) is 5.70. The molecule has 2 atom stereocenters. The van der Waals surface area contributed by atoms with E-state index < -0.39 is 28.2 Å². The summed E-state index contributed by atoms with van der Waals surface area (Å²) in [7, 11) is -3.95. The number of aryl methyl sites for hydroxylation is 1. The highest BCUT2D eigenvalue weighted by Crippen LogP contribution is 2.36. The van der Waals surface area contributed by atoms with Crippen LogP contribution in [0.2, 0.25) is 0 Å². The number of piperazine rings is 1. The van der Waals surface area contributed by atoms with Crippen molar-refractivity contribution in [2.45, 2.75) is 31.1 Å². The molecule has 2 unspecified atom stereocenters. The van der Waals surface area contributed by atoms with Gasteiger partial charge in [-0.25, -0.2) is 22.5 Å². The molecule has 5 rings (SSSR count). The van der Waals surface area contributed by atoms with Gasteiger partial charge in [0.15, 0.2) is 5.03 Å². The smallest absolute Gasteiger partial charge is 0.293 e. The maximum atomic E-state index is 13.5. The van der Waals surface area contributed by atoms with Crippen LogP contribution < -0.4 is 0 Å². The van der Waals surface area contributed by atoms with E-state index in [0.29, 0.717) is 5.69 Å². The van der Waals surface area contributed by atoms with Gasteiger partial charge < -0.3 is 0 Å². The fourth-order valence-electron chi connectivity index (χ4n) is 4.96. The summed E-state index contributed by atoms with van der Waals surface area (Å²) in [5, 5.41) is 5.06. The third-order valence-corrected chi connectivity index (χ3v) is 8.93. The SMILES string of the molecule is Cc1cc2c(cnn2-c2ccc(F)cc2)cc1C1CN(S(=O)(=O)c2ccccn2)CCN1CC(C)C(F)(F)F. The van der Waals surface area contributed by atoms with E-state index in [-0.39, 0.29) is 37.0 Å². The lowest BCUT2D eigenvalue weighted by Gasteiger charge is -2.42. The molecular formula is C27H27F4N5O2S. The number of fused-ring (bicyclic) bond motifs is 1. The number of pyridine rings is 1. The van der Waals surface area contributed by atoms with Crippen LogP contribution in [0.4, 0.5) is 17.6 Å². The number of sulfonamides is 1. The lowest BCUT2D eigenvalue weighted by molar-refractivity contribution is -0.176. The Hall–Kier alpha value is -3.35. The van der Waals surface area contributed by atoms with E-state index in [9.17, 15) is 26.0 Å². The number of nitrogens with zero attached hydrogens (tertiary/aromatic N) is 5. The molecule has 1 saturated heterocycles. The summed E-state index contributed by atoms with van der Waals surface area (Å²) < 4.78 is 83.7. The van der Waals surface area contributed by atoms with Gasteiger partial charge in [-0.1, -0.05) is 13.0 Å². The molecule has 2 aromatic carbocycles. The van der Waals surface area contributed by atoms with E-state index in [1.54, 1.807) is 40.0 Å². The predicted octanol–water partition coefficient (Wildman–Crippen LogP) is 5.11. The molecule has 0 spiro atoms. The summed E-state index contributed by atoms with van der Waals surface area (Å²) in [5.41, 5.74) is 2.89. The Kier molecular flexibility index (Phi) is 7.21. The first-order valence-electron chi connectivity index (χ1n) is 12.4. The van der Waals surface area contributed by atoms with E-state index in [4.69, 9.17) is 0 Å². The van der Waals surface area contributed by atoms with Crippen LogP contribution in [-0.2, 0) is 10.0 Å². The topological polar surface area (TPSA) is 71.3 Å². The number of halogens is 4. The summed E-state index contributed by atoms with van der Waals surface area (Å²) in [6, 6.07) is 13.6. The van der Waals surface area contributed by atoms with Crippen LogP contribution in [0.15, 0.2) is 72.0 Å². The average Bonchev–Trinajstić information content (AvgIpc) is 3.31. The Morgan fingerprint density at radius 2 is 1.82 bits per heavy atom. The lowest BCUT2D eigenvalue weighted by Crippen LogP contribution is -2.52. The molecule has 1 fully saturated rings. The normalized spacial score (nSPS) is 18.5. The fourth-order valence-corrected chi connectivity index (χ4v) is 6.33. The monoisotopic (exact) mass is 561 g/mol. The van der Waals surface area contributed by atoms with Gasteiger partial charge in [0.25, 0.3) is 10.0 Å². The fraction of sp³-hybridized carbons (Fsp3) is 0.333. The molecule has 0 radical (unpaired) electrons. The molecule has 0 bridgehead atoms. The van der Waals surface area contributed by atoms with Crippen molar-refractivity contribution < 1.29 is 26.0 Å². The lowest BCUT2D eigenvalue weighted by atomic mass is 9.95. The van der Waals surface area contributed by atoms with Gasteiger partial charge in [0, 0.05) is 43.8 Å². The van der Waals surface area contributed by atoms with Crippen molar-refractivity contribution in [1.82, 2.24) is 24.0 Å². The van der Waals surface area contributed by atoms with Gasteiger partial charge in [0.05, 0.1) is 23.3 Å². The van der Waals surface area contributed by atoms with Crippen LogP contribution in [-0.4, -0.2) is 64.7 Å². The molecule has 4 aromatic rings. The van der Waals surface area contributed by atoms with Crippen molar-refractivity contribution in [3.05, 3.63) is 83.9 Å². The molecule has 3 heterocycles. The third-order valence-electron chi connectivity index (χ3n) is 7.15. The summed E-state index contributed by atoms with van der Waals surface area (Å²) in [5.74, 6) is -1.96. The van der Waals surface area contributed by atoms with Crippen molar-refractivity contribution in [3.63, 3.8) is 0 Å². The van der Waals surface area contributed by atoms with Crippen molar-refractivity contribution in [1.29, 1.82) is 0 Å². The first kappa shape index (κ1) is 27.2. The maximum absolute atomic E-state index is 13.5. The number of benzene rings is 2. The molecule has 0 N–H and O–H groups in total. The maximum Gasteiger partial charge on any atom is 0.392 e. The quantitative estimate of drug-likeness (QED) is 0.306. The molecule has 206 valence electrons. The van der Waals surface area contributed by atoms with Crippen LogP contribution >= 0.6 is 0 Å². The number of rotatable bonds is 6. The van der Waals surface area contributed by atoms with Crippen molar-refractivity contribution >= 4 is 20.9 Å². The van der Waals surface area contributed by atoms with Crippen LogP contribution in [0.1, 0.15) is 24.1 Å². The molecular weight excluding hydrogens is 534 g/mol. The van der Waals surface area contributed by atoms with E-state index in [0.717, 1.165) is 29.0 Å². The average molecular weight is 562 g/mol. The van der Waals surface area contributed by atoms with Gasteiger partial charge >= 0.3 is 6.18 Å². The molecule has 0 aliphatic carbocycles. The minimum absolute atomic E-state index is 0.0259. The van der Waals surface area contributed by atoms with E-state index >= 15 is 0 Å². The van der Waals surface area contributed by atoms with Gasteiger partial charge in [0.2, 0.25) is 0 Å². The second kappa shape index (κ2) is 10.3. The highest BCUT2D eigenvalue weighted by molar-refractivity contribution is 7.89. The predicted molar refractivity (Wildman–Crippen MR) is 138 cm³/mol. The van der Waals surface area contributed by atoms with Gasteiger partial charge in [-0.15, -0.1) is 0 Å². The van der Waals surface area contributed by atoms with E-state index in [1.807, 2.05) is 19.1 Å². The molecule has 1 aliphatic heterocycles. The van der Waals surface area contributed by atoms with Crippen LogP contribution in [0.5, 0.6) is 0 Å². The molecule has 39 heavy (non-hydrogen) atoms. The molecule has 2 aromatic heterocycles. The summed E-state index contributed by atoms with van der Waals surface area (Å²) in [6.45, 7) is 2.86. The van der Waals surface area contributed by atoms with Crippen molar-refractivity contribution in [2.24, 2.45) is 5.92 Å². The van der Waals surface area contributed by atoms with Crippen LogP contribution in [0.3, 0.4) is 0 Å². The van der Waals surface area contributed by atoms with Gasteiger partial charge in [0.1, 0.15) is 5.82 Å². The Bertz CT molecular complexity index is 1570. The third kappa shape index (κ3) is 5.41. The second-order valence-electron chi connectivity index (χ2n) is 9.78. The van der Waals surface area contributed by atoms with Crippen molar-refractivity contribution in [3.8, 4) is 5.69 Å². The van der Waals surface area contributed by atoms with E-state index in [1.165, 1.54) is 28.7 Å². The van der Waals surface area contributed by atoms with Crippen molar-refractivity contribution in [2.75, 3.05) is 26.2 Å². The van der Waals surface area contributed by atoms with Gasteiger partial charge in [-0.2, -0.15) is 22.6 Å². The molecule has 0 saturated carbocycles. The highest BCUT2D eigenvalue weighted by Gasteiger charge is 2.41. The number of alkyl halides is 3. The van der Waals surface area contributed by atoms with E-state index in [2.05, 4.69) is 10.1 Å². The van der Waals surface area contributed by atoms with Crippen LogP contribution in [0.25, 0.3) is 16.6 Å². The minimum atomic E-state index is -4.38. The standard InChI is InChI=1S/C27H27F4N5O2S/c1-18-13-24-20(15-33-36(24)22-8-6-21(28)7-9-22)14-23(18)25-17-35(39(37,38)26-5-3-4-10-32-26)12-11-34(25)16-19(2)27(29,30)31/h3-10,13-15,19,25H,11-12,16-17H2,1-2H3. The molecule has 7 nitrogen and oxygen atoms in total. The molecule has 1 aliphatic rings. The zero-order valence-electron chi connectivity index (χ0n) is 21.3. The first-order valence-corrected chi connectivity index (χ1v) is 13.9. The Morgan fingerprint density at radius 1 is 1.08 bits per heavy atom. The van der Waals surface area contributed by atoms with Gasteiger partial charge in [-0.05, 0) is 66.6 Å². The highest BCUT2D eigenvalue weighted by atomic mass is 32.2.